The molecule has 0 amide bonds. The molecule has 0 fully saturated rings. The molecule has 17 heavy (non-hydrogen) atoms. The van der Waals surface area contributed by atoms with Crippen LogP contribution in [0.4, 0.5) is 11.6 Å². The minimum Gasteiger partial charge on any atom is -0.383 e. The summed E-state index contributed by atoms with van der Waals surface area (Å²) >= 11 is 0. The third-order valence-electron chi connectivity index (χ3n) is 2.39. The number of anilines is 2. The average Bonchev–Trinajstić information content (AvgIpc) is 2.83. The lowest BCUT2D eigenvalue weighted by Crippen LogP contribution is -2.06. The van der Waals surface area contributed by atoms with Crippen molar-refractivity contribution in [1.82, 2.24) is 19.3 Å². The van der Waals surface area contributed by atoms with E-state index in [1.165, 1.54) is 0 Å². The predicted octanol–water partition coefficient (Wildman–Crippen LogP) is 1.32. The first-order chi connectivity index (χ1) is 8.19. The van der Waals surface area contributed by atoms with E-state index >= 15 is 0 Å². The molecule has 0 aliphatic heterocycles. The van der Waals surface area contributed by atoms with Gasteiger partial charge in [0, 0.05) is 33.1 Å². The van der Waals surface area contributed by atoms with Crippen LogP contribution in [0.3, 0.4) is 0 Å². The Bertz CT molecular complexity index is 488. The highest BCUT2D eigenvalue weighted by Gasteiger charge is 2.06. The van der Waals surface area contributed by atoms with Crippen LogP contribution < -0.4 is 5.32 Å². The Labute approximate surface area is 100 Å². The molecule has 2 aromatic rings. The number of hydrogen-bond donors (Lipinski definition) is 1. The number of methoxy groups -OCH3 is 1. The number of aromatic nitrogens is 4. The topological polar surface area (TPSA) is 56.9 Å². The summed E-state index contributed by atoms with van der Waals surface area (Å²) in [6, 6.07) is 0. The van der Waals surface area contributed by atoms with Crippen LogP contribution in [-0.2, 0) is 18.3 Å². The Kier molecular flexibility index (Phi) is 3.43. The van der Waals surface area contributed by atoms with Crippen molar-refractivity contribution in [2.24, 2.45) is 7.05 Å². The molecule has 6 heteroatoms. The number of hydrogen-bond acceptors (Lipinski definition) is 4. The van der Waals surface area contributed by atoms with Crippen LogP contribution in [0.1, 0.15) is 5.69 Å². The predicted molar refractivity (Wildman–Crippen MR) is 65.3 cm³/mol. The molecular formula is C11H17N5O. The van der Waals surface area contributed by atoms with Gasteiger partial charge in [-0.2, -0.15) is 5.10 Å². The Morgan fingerprint density at radius 1 is 1.41 bits per heavy atom. The van der Waals surface area contributed by atoms with Crippen LogP contribution in [0, 0.1) is 6.92 Å². The molecule has 6 nitrogen and oxygen atoms in total. The summed E-state index contributed by atoms with van der Waals surface area (Å²) in [5.41, 5.74) is 1.91. The molecule has 0 unspecified atom stereocenters. The van der Waals surface area contributed by atoms with E-state index in [4.69, 9.17) is 4.74 Å². The van der Waals surface area contributed by atoms with E-state index in [0.29, 0.717) is 6.61 Å². The second-order valence-corrected chi connectivity index (χ2v) is 3.92. The molecule has 0 atom stereocenters. The maximum absolute atomic E-state index is 5.07. The minimum absolute atomic E-state index is 0.664. The number of imidazole rings is 1. The number of rotatable bonds is 5. The Morgan fingerprint density at radius 3 is 2.88 bits per heavy atom. The molecule has 0 bridgehead atoms. The van der Waals surface area contributed by atoms with Gasteiger partial charge < -0.3 is 14.6 Å². The largest absolute Gasteiger partial charge is 0.383 e. The van der Waals surface area contributed by atoms with Gasteiger partial charge in [0.25, 0.3) is 0 Å². The van der Waals surface area contributed by atoms with Crippen molar-refractivity contribution in [3.8, 4) is 0 Å². The zero-order chi connectivity index (χ0) is 12.3. The zero-order valence-electron chi connectivity index (χ0n) is 10.3. The number of aryl methyl sites for hydroxylation is 2. The van der Waals surface area contributed by atoms with Gasteiger partial charge in [0.05, 0.1) is 24.2 Å². The highest BCUT2D eigenvalue weighted by molar-refractivity contribution is 5.51. The van der Waals surface area contributed by atoms with E-state index < -0.39 is 0 Å². The first-order valence-corrected chi connectivity index (χ1v) is 5.47. The Balaban J connectivity index is 2.14. The normalized spacial score (nSPS) is 10.8. The van der Waals surface area contributed by atoms with Gasteiger partial charge in [-0.25, -0.2) is 4.98 Å². The Hall–Kier alpha value is -1.82. The molecular weight excluding hydrogens is 218 g/mol. The van der Waals surface area contributed by atoms with E-state index in [0.717, 1.165) is 23.9 Å². The second kappa shape index (κ2) is 5.01. The van der Waals surface area contributed by atoms with E-state index in [1.807, 2.05) is 30.9 Å². The van der Waals surface area contributed by atoms with Gasteiger partial charge in [0.1, 0.15) is 0 Å². The highest BCUT2D eigenvalue weighted by atomic mass is 16.5. The smallest absolute Gasteiger partial charge is 0.207 e. The van der Waals surface area contributed by atoms with Crippen molar-refractivity contribution in [3.63, 3.8) is 0 Å². The third-order valence-corrected chi connectivity index (χ3v) is 2.39. The number of ether oxygens (including phenoxy) is 1. The molecule has 2 aromatic heterocycles. The van der Waals surface area contributed by atoms with Crippen LogP contribution >= 0.6 is 0 Å². The molecule has 0 saturated heterocycles. The van der Waals surface area contributed by atoms with Gasteiger partial charge in [-0.15, -0.1) is 0 Å². The molecule has 1 N–H and O–H groups in total. The van der Waals surface area contributed by atoms with Crippen LogP contribution in [0.25, 0.3) is 0 Å². The summed E-state index contributed by atoms with van der Waals surface area (Å²) in [6.45, 7) is 3.41. The fraction of sp³-hybridized carbons (Fsp3) is 0.455. The van der Waals surface area contributed by atoms with E-state index in [2.05, 4.69) is 15.4 Å². The van der Waals surface area contributed by atoms with Gasteiger partial charge in [0.15, 0.2) is 0 Å². The van der Waals surface area contributed by atoms with Crippen LogP contribution in [-0.4, -0.2) is 33.0 Å². The fourth-order valence-corrected chi connectivity index (χ4v) is 1.62. The first kappa shape index (κ1) is 11.7. The summed E-state index contributed by atoms with van der Waals surface area (Å²) in [6.07, 6.45) is 5.67. The molecule has 0 aliphatic carbocycles. The lowest BCUT2D eigenvalue weighted by Gasteiger charge is -2.07. The summed E-state index contributed by atoms with van der Waals surface area (Å²) in [5.74, 6) is 0.813. The van der Waals surface area contributed by atoms with Crippen molar-refractivity contribution in [1.29, 1.82) is 0 Å². The summed E-state index contributed by atoms with van der Waals surface area (Å²) in [7, 11) is 3.58. The maximum Gasteiger partial charge on any atom is 0.207 e. The lowest BCUT2D eigenvalue weighted by molar-refractivity contribution is 0.188. The molecule has 0 aliphatic rings. The van der Waals surface area contributed by atoms with Gasteiger partial charge in [-0.3, -0.25) is 4.68 Å². The minimum atomic E-state index is 0.664. The van der Waals surface area contributed by atoms with Crippen molar-refractivity contribution < 1.29 is 4.74 Å². The van der Waals surface area contributed by atoms with Gasteiger partial charge in [-0.1, -0.05) is 0 Å². The monoisotopic (exact) mass is 235 g/mol. The van der Waals surface area contributed by atoms with Crippen LogP contribution in [0.15, 0.2) is 18.6 Å². The average molecular weight is 235 g/mol. The van der Waals surface area contributed by atoms with Gasteiger partial charge in [-0.05, 0) is 6.92 Å². The molecule has 0 spiro atoms. The molecule has 2 heterocycles. The summed E-state index contributed by atoms with van der Waals surface area (Å²) in [5, 5.41) is 7.34. The van der Waals surface area contributed by atoms with Gasteiger partial charge in [0.2, 0.25) is 5.95 Å². The third kappa shape index (κ3) is 2.85. The van der Waals surface area contributed by atoms with Crippen molar-refractivity contribution in [2.45, 2.75) is 13.5 Å². The summed E-state index contributed by atoms with van der Waals surface area (Å²) in [4.78, 5) is 4.43. The first-order valence-electron chi connectivity index (χ1n) is 5.47. The molecule has 2 rings (SSSR count). The van der Waals surface area contributed by atoms with Crippen molar-refractivity contribution in [3.05, 3.63) is 24.3 Å². The fourth-order valence-electron chi connectivity index (χ4n) is 1.62. The maximum atomic E-state index is 5.07. The quantitative estimate of drug-likeness (QED) is 0.849. The Morgan fingerprint density at radius 2 is 2.24 bits per heavy atom. The highest BCUT2D eigenvalue weighted by Crippen LogP contribution is 2.15. The van der Waals surface area contributed by atoms with Crippen LogP contribution in [0.5, 0.6) is 0 Å². The second-order valence-electron chi connectivity index (χ2n) is 3.92. The molecule has 0 radical (unpaired) electrons. The zero-order valence-corrected chi connectivity index (χ0v) is 10.3. The van der Waals surface area contributed by atoms with Gasteiger partial charge >= 0.3 is 0 Å². The van der Waals surface area contributed by atoms with Crippen molar-refractivity contribution in [2.75, 3.05) is 19.0 Å². The number of nitrogens with one attached hydrogen (secondary N) is 1. The van der Waals surface area contributed by atoms with E-state index in [9.17, 15) is 0 Å². The van der Waals surface area contributed by atoms with E-state index in [-0.39, 0.29) is 0 Å². The molecule has 0 saturated carbocycles. The SMILES string of the molecule is COCCn1cc(C)nc1Nc1cnn(C)c1. The van der Waals surface area contributed by atoms with Crippen molar-refractivity contribution >= 4 is 11.6 Å². The summed E-state index contributed by atoms with van der Waals surface area (Å²) < 4.78 is 8.85. The van der Waals surface area contributed by atoms with E-state index in [1.54, 1.807) is 18.0 Å². The molecule has 92 valence electrons. The van der Waals surface area contributed by atoms with Crippen LogP contribution in [0.2, 0.25) is 0 Å². The standard InChI is InChI=1S/C11H17N5O/c1-9-7-16(4-5-17-3)11(13-9)14-10-6-12-15(2)8-10/h6-8H,4-5H2,1-3H3,(H,13,14). The molecule has 0 aromatic carbocycles. The lowest BCUT2D eigenvalue weighted by atomic mass is 10.5. The number of nitrogens with zero attached hydrogens (tertiary/aromatic N) is 4.